The maximum atomic E-state index is 10.9. The second-order valence-electron chi connectivity index (χ2n) is 0.785. The smallest absolute Gasteiger partial charge is 0.870 e. The Balaban J connectivity index is -0.0000000600. The number of rotatable bonds is 1. The van der Waals surface area contributed by atoms with Crippen molar-refractivity contribution in [2.45, 2.75) is 5.38 Å². The summed E-state index contributed by atoms with van der Waals surface area (Å²) >= 11 is 3.87. The van der Waals surface area contributed by atoms with Crippen molar-refractivity contribution < 1.29 is 83.3 Å². The predicted octanol–water partition coefficient (Wildman–Crippen LogP) is -6.60. The van der Waals surface area contributed by atoms with Gasteiger partial charge in [-0.3, -0.25) is 0 Å². The van der Waals surface area contributed by atoms with Crippen molar-refractivity contribution in [1.82, 2.24) is 0 Å². The molecule has 1 N–H and O–H groups in total. The molecule has 0 heterocycles. The average Bonchev–Trinajstić information content (AvgIpc) is 1.31. The fourth-order valence-corrected chi connectivity index (χ4v) is 0. The summed E-state index contributed by atoms with van der Waals surface area (Å²) in [5, 5.41) is 4.81. The minimum Gasteiger partial charge on any atom is -0.870 e. The molecule has 0 aliphatic heterocycles. The van der Waals surface area contributed by atoms with Gasteiger partial charge in [0.1, 0.15) is 5.97 Å². The Morgan fingerprint density at radius 1 is 1.40 bits per heavy atom. The van der Waals surface area contributed by atoms with E-state index < -0.39 is 11.4 Å². The molecule has 0 atom stereocenters. The molecule has 8 heteroatoms. The first-order valence-electron chi connectivity index (χ1n) is 1.23. The van der Waals surface area contributed by atoms with Gasteiger partial charge in [0.05, 0.1) is 0 Å². The summed E-state index contributed by atoms with van der Waals surface area (Å²) in [6, 6.07) is 0. The Labute approximate surface area is 105 Å². The molecule has 0 bridgehead atoms. The molecular weight excluding hydrogens is 191 g/mol. The number of carbonyl (C=O) groups is 1. The summed E-state index contributed by atoms with van der Waals surface area (Å²) in [5.74, 6) is -2.57. The van der Waals surface area contributed by atoms with Crippen LogP contribution >= 0.6 is 11.6 Å². The quantitative estimate of drug-likeness (QED) is 0.306. The van der Waals surface area contributed by atoms with Crippen molar-refractivity contribution in [1.29, 1.82) is 0 Å². The van der Waals surface area contributed by atoms with Crippen LogP contribution in [0.1, 0.15) is 0 Å². The SMILES string of the molecule is O=C([O-])C(F)(F)Cl.[Na+].[Na+].[OH-]. The molecule has 3 nitrogen and oxygen atoms in total. The summed E-state index contributed by atoms with van der Waals surface area (Å²) in [7, 11) is 0. The molecule has 0 saturated heterocycles. The van der Waals surface area contributed by atoms with Crippen LogP contribution in [0.4, 0.5) is 8.78 Å². The Morgan fingerprint density at radius 2 is 1.50 bits per heavy atom. The topological polar surface area (TPSA) is 70.1 Å². The summed E-state index contributed by atoms with van der Waals surface area (Å²) in [4.78, 5) is 9.03. The van der Waals surface area contributed by atoms with Crippen molar-refractivity contribution in [2.24, 2.45) is 0 Å². The van der Waals surface area contributed by atoms with E-state index in [2.05, 4.69) is 11.6 Å². The standard InChI is InChI=1S/C2HClF2O2.2Na.H2O/c3-2(4,5)1(6)7;;;/h(H,6,7);;;1H2/q;2*+1;/p-2. The fraction of sp³-hybridized carbons (Fsp3) is 0.500. The van der Waals surface area contributed by atoms with E-state index in [4.69, 9.17) is 9.90 Å². The molecule has 0 aromatic carbocycles. The third-order valence-corrected chi connectivity index (χ3v) is 0.386. The van der Waals surface area contributed by atoms with E-state index >= 15 is 0 Å². The maximum Gasteiger partial charge on any atom is 1.00 e. The molecule has 10 heavy (non-hydrogen) atoms. The first kappa shape index (κ1) is 22.6. The van der Waals surface area contributed by atoms with Crippen LogP contribution in [0.5, 0.6) is 0 Å². The van der Waals surface area contributed by atoms with Crippen molar-refractivity contribution in [3.63, 3.8) is 0 Å². The van der Waals surface area contributed by atoms with E-state index in [-0.39, 0.29) is 64.6 Å². The average molecular weight is 192 g/mol. The fourth-order valence-electron chi connectivity index (χ4n) is 0. The minimum absolute atomic E-state index is 0. The van der Waals surface area contributed by atoms with Crippen molar-refractivity contribution in [3.8, 4) is 0 Å². The molecule has 50 valence electrons. The Morgan fingerprint density at radius 3 is 1.50 bits per heavy atom. The van der Waals surface area contributed by atoms with Crippen molar-refractivity contribution in [3.05, 3.63) is 0 Å². The monoisotopic (exact) mass is 192 g/mol. The molecule has 0 radical (unpaired) electrons. The number of hydrogen-bond donors (Lipinski definition) is 0. The number of alkyl halides is 3. The number of aliphatic carboxylic acids is 1. The van der Waals surface area contributed by atoms with Gasteiger partial charge in [0.2, 0.25) is 0 Å². The van der Waals surface area contributed by atoms with Crippen LogP contribution in [0.25, 0.3) is 0 Å². The van der Waals surface area contributed by atoms with Crippen LogP contribution < -0.4 is 64.2 Å². The summed E-state index contributed by atoms with van der Waals surface area (Å²) in [6.45, 7) is 0. The third kappa shape index (κ3) is 12.3. The van der Waals surface area contributed by atoms with E-state index in [0.717, 1.165) is 0 Å². The van der Waals surface area contributed by atoms with E-state index in [1.165, 1.54) is 0 Å². The van der Waals surface area contributed by atoms with E-state index in [1.807, 2.05) is 0 Å². The Hall–Kier alpha value is 1.58. The first-order valence-corrected chi connectivity index (χ1v) is 1.60. The molecule has 0 aromatic heterocycles. The third-order valence-electron chi connectivity index (χ3n) is 0.231. The normalized spacial score (nSPS) is 7.90. The molecule has 0 saturated carbocycles. The summed E-state index contributed by atoms with van der Waals surface area (Å²) < 4.78 is 21.9. The Bertz CT molecular complexity index is 95.0. The number of hydrogen-bond acceptors (Lipinski definition) is 3. The Kier molecular flexibility index (Phi) is 19.6. The van der Waals surface area contributed by atoms with Gasteiger partial charge in [-0.05, 0) is 11.6 Å². The van der Waals surface area contributed by atoms with E-state index in [0.29, 0.717) is 0 Å². The zero-order valence-corrected chi connectivity index (χ0v) is 10.2. The molecular formula is C2HClF2Na2O3. The molecule has 0 aliphatic rings. The van der Waals surface area contributed by atoms with E-state index in [1.54, 1.807) is 0 Å². The van der Waals surface area contributed by atoms with Crippen LogP contribution in [0.15, 0.2) is 0 Å². The molecule has 0 spiro atoms. The van der Waals surface area contributed by atoms with Gasteiger partial charge < -0.3 is 15.4 Å². The van der Waals surface area contributed by atoms with Crippen LogP contribution in [-0.2, 0) is 4.79 Å². The van der Waals surface area contributed by atoms with Crippen LogP contribution in [0, 0.1) is 0 Å². The van der Waals surface area contributed by atoms with Gasteiger partial charge in [0.25, 0.3) is 0 Å². The van der Waals surface area contributed by atoms with Crippen molar-refractivity contribution in [2.75, 3.05) is 0 Å². The number of carboxylic acids is 1. The van der Waals surface area contributed by atoms with Crippen LogP contribution in [0.2, 0.25) is 0 Å². The molecule has 0 rings (SSSR count). The van der Waals surface area contributed by atoms with Gasteiger partial charge in [-0.2, -0.15) is 8.78 Å². The van der Waals surface area contributed by atoms with Crippen molar-refractivity contribution >= 4 is 17.6 Å². The predicted molar refractivity (Wildman–Crippen MR) is 17.7 cm³/mol. The number of carboxylic acid groups (broad SMARTS) is 1. The van der Waals surface area contributed by atoms with Crippen LogP contribution in [0.3, 0.4) is 0 Å². The van der Waals surface area contributed by atoms with Gasteiger partial charge >= 0.3 is 64.5 Å². The van der Waals surface area contributed by atoms with Gasteiger partial charge in [0.15, 0.2) is 0 Å². The zero-order chi connectivity index (χ0) is 6.08. The molecule has 0 unspecified atom stereocenters. The maximum absolute atomic E-state index is 10.9. The van der Waals surface area contributed by atoms with E-state index in [9.17, 15) is 8.78 Å². The minimum atomic E-state index is -4.22. The number of carbonyl (C=O) groups excluding carboxylic acids is 1. The molecule has 0 fully saturated rings. The molecule has 0 amide bonds. The van der Waals surface area contributed by atoms with Gasteiger partial charge in [-0.15, -0.1) is 0 Å². The van der Waals surface area contributed by atoms with Crippen LogP contribution in [-0.4, -0.2) is 16.8 Å². The summed E-state index contributed by atoms with van der Waals surface area (Å²) in [5.41, 5.74) is 0. The zero-order valence-electron chi connectivity index (χ0n) is 5.40. The number of halogens is 3. The van der Waals surface area contributed by atoms with Gasteiger partial charge in [-0.25, -0.2) is 0 Å². The summed E-state index contributed by atoms with van der Waals surface area (Å²) in [6.07, 6.45) is 0. The molecule has 0 aliphatic carbocycles. The van der Waals surface area contributed by atoms with Gasteiger partial charge in [-0.1, -0.05) is 0 Å². The molecule has 0 aromatic rings. The first-order chi connectivity index (χ1) is 2.94. The second-order valence-corrected chi connectivity index (χ2v) is 1.26. The largest absolute Gasteiger partial charge is 1.00 e. The van der Waals surface area contributed by atoms with Gasteiger partial charge in [0, 0.05) is 0 Å². The second kappa shape index (κ2) is 8.67.